The van der Waals surface area contributed by atoms with Gasteiger partial charge < -0.3 is 10.2 Å². The van der Waals surface area contributed by atoms with Crippen molar-refractivity contribution in [2.75, 3.05) is 0 Å². The van der Waals surface area contributed by atoms with E-state index in [9.17, 15) is 15.0 Å². The minimum absolute atomic E-state index is 0.194. The first kappa shape index (κ1) is 15.4. The van der Waals surface area contributed by atoms with E-state index < -0.39 is 5.97 Å². The standard InChI is InChI=1S/C17H11IN2O3/c18-10-5-7-11(8-6-10)19-20-15-9-14(17(22)23)16(21)13-4-2-1-3-12(13)15/h1-9,21H,(H,22,23). The number of azo groups is 1. The lowest BCUT2D eigenvalue weighted by Crippen LogP contribution is -1.97. The molecule has 0 spiro atoms. The number of hydrogen-bond acceptors (Lipinski definition) is 4. The van der Waals surface area contributed by atoms with Crippen molar-refractivity contribution in [1.29, 1.82) is 0 Å². The first-order valence-electron chi connectivity index (χ1n) is 6.71. The van der Waals surface area contributed by atoms with Crippen molar-refractivity contribution in [3.8, 4) is 5.75 Å². The molecule has 0 aliphatic rings. The summed E-state index contributed by atoms with van der Waals surface area (Å²) in [6.45, 7) is 0. The van der Waals surface area contributed by atoms with Crippen LogP contribution in [0.2, 0.25) is 0 Å². The second kappa shape index (κ2) is 6.33. The minimum Gasteiger partial charge on any atom is -0.506 e. The molecule has 0 aliphatic carbocycles. The summed E-state index contributed by atoms with van der Waals surface area (Å²) >= 11 is 2.20. The number of aromatic hydroxyl groups is 1. The maximum absolute atomic E-state index is 11.3. The van der Waals surface area contributed by atoms with Gasteiger partial charge in [0.1, 0.15) is 11.3 Å². The van der Waals surface area contributed by atoms with Gasteiger partial charge in [-0.3, -0.25) is 0 Å². The van der Waals surface area contributed by atoms with E-state index in [1.165, 1.54) is 6.07 Å². The Bertz CT molecular complexity index is 921. The van der Waals surface area contributed by atoms with Crippen LogP contribution in [0.15, 0.2) is 64.8 Å². The Labute approximate surface area is 145 Å². The summed E-state index contributed by atoms with van der Waals surface area (Å²) in [5.74, 6) is -1.47. The summed E-state index contributed by atoms with van der Waals surface area (Å²) in [5, 5.41) is 28.7. The molecular formula is C17H11IN2O3. The maximum Gasteiger partial charge on any atom is 0.339 e. The minimum atomic E-state index is -1.21. The highest BCUT2D eigenvalue weighted by molar-refractivity contribution is 14.1. The van der Waals surface area contributed by atoms with Crippen molar-refractivity contribution in [2.45, 2.75) is 0 Å². The molecule has 0 saturated carbocycles. The molecule has 0 radical (unpaired) electrons. The van der Waals surface area contributed by atoms with E-state index in [0.717, 1.165) is 3.57 Å². The Hall–Kier alpha value is -2.48. The van der Waals surface area contributed by atoms with Crippen LogP contribution in [0, 0.1) is 3.57 Å². The van der Waals surface area contributed by atoms with Gasteiger partial charge in [-0.05, 0) is 52.9 Å². The van der Waals surface area contributed by atoms with Crippen molar-refractivity contribution in [2.24, 2.45) is 10.2 Å². The van der Waals surface area contributed by atoms with Gasteiger partial charge in [-0.2, -0.15) is 5.11 Å². The van der Waals surface area contributed by atoms with E-state index >= 15 is 0 Å². The second-order valence-corrected chi connectivity index (χ2v) is 6.06. The average Bonchev–Trinajstić information content (AvgIpc) is 2.55. The molecule has 3 aromatic carbocycles. The third-order valence-electron chi connectivity index (χ3n) is 3.32. The zero-order chi connectivity index (χ0) is 16.4. The van der Waals surface area contributed by atoms with Crippen molar-refractivity contribution >= 4 is 50.7 Å². The first-order chi connectivity index (χ1) is 11.1. The van der Waals surface area contributed by atoms with Crippen LogP contribution in [0.1, 0.15) is 10.4 Å². The molecule has 3 rings (SSSR count). The molecule has 6 heteroatoms. The fourth-order valence-corrected chi connectivity index (χ4v) is 2.57. The van der Waals surface area contributed by atoms with Crippen LogP contribution in [0.5, 0.6) is 5.75 Å². The zero-order valence-electron chi connectivity index (χ0n) is 11.8. The monoisotopic (exact) mass is 418 g/mol. The Morgan fingerprint density at radius 2 is 1.61 bits per heavy atom. The molecule has 0 aromatic heterocycles. The SMILES string of the molecule is O=C(O)c1cc(N=Nc2ccc(I)cc2)c2ccccc2c1O. The van der Waals surface area contributed by atoms with Crippen molar-refractivity contribution in [3.05, 3.63) is 63.7 Å². The summed E-state index contributed by atoms with van der Waals surface area (Å²) in [6.07, 6.45) is 0. The van der Waals surface area contributed by atoms with Gasteiger partial charge >= 0.3 is 5.97 Å². The number of nitrogens with zero attached hydrogens (tertiary/aromatic N) is 2. The number of carboxylic acid groups (broad SMARTS) is 1. The summed E-state index contributed by atoms with van der Waals surface area (Å²) in [4.78, 5) is 11.3. The van der Waals surface area contributed by atoms with Crippen LogP contribution >= 0.6 is 22.6 Å². The second-order valence-electron chi connectivity index (χ2n) is 4.82. The summed E-state index contributed by atoms with van der Waals surface area (Å²) in [7, 11) is 0. The van der Waals surface area contributed by atoms with E-state index in [2.05, 4.69) is 32.8 Å². The third kappa shape index (κ3) is 3.16. The molecule has 0 bridgehead atoms. The van der Waals surface area contributed by atoms with Crippen LogP contribution in [0.4, 0.5) is 11.4 Å². The molecule has 3 aromatic rings. The van der Waals surface area contributed by atoms with Gasteiger partial charge in [-0.1, -0.05) is 24.3 Å². The number of phenols is 1. The Balaban J connectivity index is 2.14. The van der Waals surface area contributed by atoms with Crippen LogP contribution < -0.4 is 0 Å². The topological polar surface area (TPSA) is 82.2 Å². The van der Waals surface area contributed by atoms with Gasteiger partial charge in [0.25, 0.3) is 0 Å². The Morgan fingerprint density at radius 3 is 2.26 bits per heavy atom. The van der Waals surface area contributed by atoms with Crippen molar-refractivity contribution < 1.29 is 15.0 Å². The van der Waals surface area contributed by atoms with Gasteiger partial charge in [-0.25, -0.2) is 4.79 Å². The highest BCUT2D eigenvalue weighted by Crippen LogP contribution is 2.36. The lowest BCUT2D eigenvalue weighted by atomic mass is 10.0. The lowest BCUT2D eigenvalue weighted by molar-refractivity contribution is 0.0694. The van der Waals surface area contributed by atoms with Gasteiger partial charge in [0, 0.05) is 14.3 Å². The molecular weight excluding hydrogens is 407 g/mol. The number of aromatic carboxylic acids is 1. The van der Waals surface area contributed by atoms with Crippen LogP contribution in [-0.2, 0) is 0 Å². The molecule has 114 valence electrons. The summed E-state index contributed by atoms with van der Waals surface area (Å²) in [6, 6.07) is 15.7. The smallest absolute Gasteiger partial charge is 0.339 e. The molecule has 5 nitrogen and oxygen atoms in total. The highest BCUT2D eigenvalue weighted by atomic mass is 127. The lowest BCUT2D eigenvalue weighted by Gasteiger charge is -2.07. The van der Waals surface area contributed by atoms with Gasteiger partial charge in [0.05, 0.1) is 11.4 Å². The number of hydrogen-bond donors (Lipinski definition) is 2. The molecule has 0 unspecified atom stereocenters. The molecule has 0 heterocycles. The average molecular weight is 418 g/mol. The summed E-state index contributed by atoms with van der Waals surface area (Å²) < 4.78 is 1.09. The predicted molar refractivity (Wildman–Crippen MR) is 95.9 cm³/mol. The number of carboxylic acids is 1. The largest absolute Gasteiger partial charge is 0.506 e. The number of carbonyl (C=O) groups is 1. The molecule has 0 atom stereocenters. The van der Waals surface area contributed by atoms with Gasteiger partial charge in [-0.15, -0.1) is 5.11 Å². The van der Waals surface area contributed by atoms with E-state index in [1.54, 1.807) is 24.3 Å². The molecule has 0 saturated heterocycles. The zero-order valence-corrected chi connectivity index (χ0v) is 13.9. The molecule has 23 heavy (non-hydrogen) atoms. The Kier molecular flexibility index (Phi) is 4.24. The number of halogens is 1. The highest BCUT2D eigenvalue weighted by Gasteiger charge is 2.16. The molecule has 2 N–H and O–H groups in total. The van der Waals surface area contributed by atoms with Crippen LogP contribution in [0.25, 0.3) is 10.8 Å². The maximum atomic E-state index is 11.3. The van der Waals surface area contributed by atoms with Crippen LogP contribution in [0.3, 0.4) is 0 Å². The third-order valence-corrected chi connectivity index (χ3v) is 4.04. The normalized spacial score (nSPS) is 11.2. The molecule has 0 fully saturated rings. The van der Waals surface area contributed by atoms with E-state index in [4.69, 9.17) is 0 Å². The van der Waals surface area contributed by atoms with E-state index in [1.807, 2.05) is 24.3 Å². The number of benzene rings is 3. The number of fused-ring (bicyclic) bond motifs is 1. The van der Waals surface area contributed by atoms with Gasteiger partial charge in [0.2, 0.25) is 0 Å². The fraction of sp³-hybridized carbons (Fsp3) is 0. The quantitative estimate of drug-likeness (QED) is 0.450. The fourth-order valence-electron chi connectivity index (χ4n) is 2.21. The van der Waals surface area contributed by atoms with E-state index in [-0.39, 0.29) is 11.3 Å². The Morgan fingerprint density at radius 1 is 0.957 bits per heavy atom. The number of rotatable bonds is 3. The molecule has 0 amide bonds. The van der Waals surface area contributed by atoms with E-state index in [0.29, 0.717) is 22.1 Å². The molecule has 0 aliphatic heterocycles. The van der Waals surface area contributed by atoms with Crippen molar-refractivity contribution in [3.63, 3.8) is 0 Å². The predicted octanol–water partition coefficient (Wildman–Crippen LogP) is 5.26. The van der Waals surface area contributed by atoms with Crippen LogP contribution in [-0.4, -0.2) is 16.2 Å². The first-order valence-corrected chi connectivity index (χ1v) is 7.79. The van der Waals surface area contributed by atoms with Crippen molar-refractivity contribution in [1.82, 2.24) is 0 Å². The summed E-state index contributed by atoms with van der Waals surface area (Å²) in [5.41, 5.74) is 0.869. The van der Waals surface area contributed by atoms with Gasteiger partial charge in [0.15, 0.2) is 0 Å².